The Labute approximate surface area is 227 Å². The van der Waals surface area contributed by atoms with Gasteiger partial charge in [-0.15, -0.1) is 5.10 Å². The van der Waals surface area contributed by atoms with Gasteiger partial charge >= 0.3 is 5.97 Å². The molecule has 0 N–H and O–H groups in total. The van der Waals surface area contributed by atoms with Crippen LogP contribution in [0.4, 0.5) is 10.1 Å². The minimum Gasteiger partial charge on any atom is -0.466 e. The number of aryl methyl sites for hydroxylation is 1. The van der Waals surface area contributed by atoms with E-state index in [9.17, 15) is 14.0 Å². The Morgan fingerprint density at radius 1 is 1.03 bits per heavy atom. The highest BCUT2D eigenvalue weighted by molar-refractivity contribution is 5.95. The van der Waals surface area contributed by atoms with Crippen LogP contribution in [0.5, 0.6) is 0 Å². The van der Waals surface area contributed by atoms with Crippen LogP contribution in [-0.2, 0) is 27.9 Å². The van der Waals surface area contributed by atoms with E-state index in [1.165, 1.54) is 24.3 Å². The zero-order chi connectivity index (χ0) is 27.4. The van der Waals surface area contributed by atoms with Gasteiger partial charge in [0.05, 0.1) is 24.6 Å². The van der Waals surface area contributed by atoms with Gasteiger partial charge in [-0.1, -0.05) is 61.7 Å². The molecule has 0 unspecified atom stereocenters. The zero-order valence-corrected chi connectivity index (χ0v) is 22.3. The first-order valence-electron chi connectivity index (χ1n) is 13.3. The fraction of sp³-hybridized carbons (Fsp3) is 0.281. The van der Waals surface area contributed by atoms with E-state index in [0.29, 0.717) is 11.9 Å². The number of carbonyl (C=O) groups excluding carboxylic acids is 2. The Balaban J connectivity index is 1.42. The summed E-state index contributed by atoms with van der Waals surface area (Å²) in [4.78, 5) is 27.2. The highest BCUT2D eigenvalue weighted by Gasteiger charge is 2.27. The Morgan fingerprint density at radius 2 is 1.77 bits per heavy atom. The van der Waals surface area contributed by atoms with Crippen LogP contribution in [0.1, 0.15) is 43.2 Å². The van der Waals surface area contributed by atoms with Crippen LogP contribution in [0.25, 0.3) is 28.1 Å². The summed E-state index contributed by atoms with van der Waals surface area (Å²) in [6, 6.07) is 21.3. The minimum absolute atomic E-state index is 0.00777. The average molecular weight is 526 g/mol. The summed E-state index contributed by atoms with van der Waals surface area (Å²) >= 11 is 0. The molecule has 0 bridgehead atoms. The van der Waals surface area contributed by atoms with Gasteiger partial charge in [-0.3, -0.25) is 9.48 Å². The van der Waals surface area contributed by atoms with Crippen molar-refractivity contribution in [2.24, 2.45) is 13.0 Å². The highest BCUT2D eigenvalue weighted by atomic mass is 19.1. The molecule has 1 heterocycles. The maximum Gasteiger partial charge on any atom is 0.330 e. The number of amides is 1. The molecule has 1 aliphatic rings. The summed E-state index contributed by atoms with van der Waals surface area (Å²) in [5.74, 6) is -0.772. The average Bonchev–Trinajstić information content (AvgIpc) is 3.27. The second-order valence-electron chi connectivity index (χ2n) is 10.1. The molecule has 0 saturated heterocycles. The fourth-order valence-electron chi connectivity index (χ4n) is 5.28. The van der Waals surface area contributed by atoms with E-state index in [0.717, 1.165) is 59.1 Å². The molecule has 200 valence electrons. The van der Waals surface area contributed by atoms with E-state index in [2.05, 4.69) is 5.10 Å². The molecule has 6 nitrogen and oxygen atoms in total. The molecule has 0 atom stereocenters. The van der Waals surface area contributed by atoms with Crippen LogP contribution < -0.4 is 4.90 Å². The summed E-state index contributed by atoms with van der Waals surface area (Å²) in [6.07, 6.45) is 8.20. The topological polar surface area (TPSA) is 64.4 Å². The van der Waals surface area contributed by atoms with Crippen molar-refractivity contribution in [3.05, 3.63) is 89.9 Å². The molecule has 0 aliphatic heterocycles. The lowest BCUT2D eigenvalue weighted by Gasteiger charge is -2.30. The second kappa shape index (κ2) is 11.6. The zero-order valence-electron chi connectivity index (χ0n) is 22.3. The van der Waals surface area contributed by atoms with Crippen LogP contribution in [0.15, 0.2) is 72.8 Å². The molecule has 39 heavy (non-hydrogen) atoms. The lowest BCUT2D eigenvalue weighted by molar-refractivity contribution is -0.134. The van der Waals surface area contributed by atoms with Crippen molar-refractivity contribution in [1.82, 2.24) is 9.78 Å². The number of benzene rings is 3. The largest absolute Gasteiger partial charge is 0.466 e. The number of hydrogen-bond donors (Lipinski definition) is 0. The lowest BCUT2D eigenvalue weighted by atomic mass is 9.88. The molecule has 1 aromatic heterocycles. The van der Waals surface area contributed by atoms with E-state index in [-0.39, 0.29) is 11.8 Å². The molecule has 1 aliphatic carbocycles. The predicted octanol–water partition coefficient (Wildman–Crippen LogP) is 6.68. The summed E-state index contributed by atoms with van der Waals surface area (Å²) in [5, 5.41) is 4.36. The van der Waals surface area contributed by atoms with Gasteiger partial charge in [0.2, 0.25) is 11.9 Å². The number of anilines is 1. The summed E-state index contributed by atoms with van der Waals surface area (Å²) in [7, 11) is 3.07. The smallest absolute Gasteiger partial charge is 0.330 e. The second-order valence-corrected chi connectivity index (χ2v) is 10.1. The maximum absolute atomic E-state index is 14.2. The van der Waals surface area contributed by atoms with E-state index in [4.69, 9.17) is 4.74 Å². The molecule has 0 spiro atoms. The van der Waals surface area contributed by atoms with Gasteiger partial charge < -0.3 is 9.64 Å². The molecular formula is C32H32FN3O3. The molecule has 1 saturated carbocycles. The molecule has 3 aromatic carbocycles. The van der Waals surface area contributed by atoms with Crippen molar-refractivity contribution in [2.45, 2.75) is 38.6 Å². The van der Waals surface area contributed by atoms with Crippen LogP contribution >= 0.6 is 0 Å². The monoisotopic (exact) mass is 525 g/mol. The Kier molecular flexibility index (Phi) is 7.87. The molecule has 1 amide bonds. The van der Waals surface area contributed by atoms with Gasteiger partial charge in [-0.05, 0) is 65.4 Å². The third kappa shape index (κ3) is 5.93. The SMILES string of the molecule is COC(=O)/C=C/c1cccc(N(Cc2ccc(-c3ccc4c(c3)c(F)nn4C)cc2)C(=O)C2CCCCC2)c1. The van der Waals surface area contributed by atoms with Gasteiger partial charge in [0.15, 0.2) is 0 Å². The Morgan fingerprint density at radius 3 is 2.51 bits per heavy atom. The molecule has 0 radical (unpaired) electrons. The van der Waals surface area contributed by atoms with Gasteiger partial charge in [-0.25, -0.2) is 4.79 Å². The van der Waals surface area contributed by atoms with Crippen molar-refractivity contribution in [1.29, 1.82) is 0 Å². The van der Waals surface area contributed by atoms with Crippen molar-refractivity contribution in [3.8, 4) is 11.1 Å². The van der Waals surface area contributed by atoms with Crippen LogP contribution in [0.2, 0.25) is 0 Å². The van der Waals surface area contributed by atoms with Crippen molar-refractivity contribution in [3.63, 3.8) is 0 Å². The molecule has 1 fully saturated rings. The fourth-order valence-corrected chi connectivity index (χ4v) is 5.28. The minimum atomic E-state index is -0.480. The summed E-state index contributed by atoms with van der Waals surface area (Å²) < 4.78 is 20.5. The lowest BCUT2D eigenvalue weighted by Crippen LogP contribution is -2.36. The van der Waals surface area contributed by atoms with Gasteiger partial charge in [-0.2, -0.15) is 4.39 Å². The number of halogens is 1. The van der Waals surface area contributed by atoms with E-state index < -0.39 is 11.9 Å². The molecule has 4 aromatic rings. The van der Waals surface area contributed by atoms with Crippen molar-refractivity contribution in [2.75, 3.05) is 12.0 Å². The normalized spacial score (nSPS) is 14.1. The van der Waals surface area contributed by atoms with Crippen molar-refractivity contribution >= 4 is 34.5 Å². The number of fused-ring (bicyclic) bond motifs is 1. The van der Waals surface area contributed by atoms with Gasteiger partial charge in [0.25, 0.3) is 0 Å². The molecular weight excluding hydrogens is 493 g/mol. The van der Waals surface area contributed by atoms with Crippen LogP contribution in [-0.4, -0.2) is 28.8 Å². The van der Waals surface area contributed by atoms with Gasteiger partial charge in [0, 0.05) is 24.7 Å². The third-order valence-electron chi connectivity index (χ3n) is 7.45. The Bertz CT molecular complexity index is 1520. The number of methoxy groups -OCH3 is 1. The van der Waals surface area contributed by atoms with Crippen LogP contribution in [0, 0.1) is 11.9 Å². The first-order chi connectivity index (χ1) is 18.9. The summed E-state index contributed by atoms with van der Waals surface area (Å²) in [5.41, 5.74) is 5.21. The van der Waals surface area contributed by atoms with Crippen LogP contribution in [0.3, 0.4) is 0 Å². The third-order valence-corrected chi connectivity index (χ3v) is 7.45. The quantitative estimate of drug-likeness (QED) is 0.199. The maximum atomic E-state index is 14.2. The van der Waals surface area contributed by atoms with E-state index >= 15 is 0 Å². The number of esters is 1. The number of ether oxygens (including phenoxy) is 1. The first-order valence-corrected chi connectivity index (χ1v) is 13.3. The highest BCUT2D eigenvalue weighted by Crippen LogP contribution is 2.30. The number of nitrogens with zero attached hydrogens (tertiary/aromatic N) is 3. The van der Waals surface area contributed by atoms with E-state index in [1.54, 1.807) is 13.1 Å². The molecule has 7 heteroatoms. The van der Waals surface area contributed by atoms with Crippen molar-refractivity contribution < 1.29 is 18.7 Å². The number of aromatic nitrogens is 2. The standard InChI is InChI=1S/C32H32FN3O3/c1-35-29-17-16-26(20-28(29)31(33)34-35)24-14-11-23(12-15-24)21-36(32(38)25-8-4-3-5-9-25)27-10-6-7-22(19-27)13-18-30(37)39-2/h6-7,10-20,25H,3-5,8-9,21H2,1-2H3/b18-13+. The number of hydrogen-bond acceptors (Lipinski definition) is 4. The predicted molar refractivity (Wildman–Crippen MR) is 151 cm³/mol. The first kappa shape index (κ1) is 26.4. The summed E-state index contributed by atoms with van der Waals surface area (Å²) in [6.45, 7) is 0.427. The molecule has 5 rings (SSSR count). The Hall–Kier alpha value is -4.26. The number of rotatable bonds is 7. The van der Waals surface area contributed by atoms with E-state index in [1.807, 2.05) is 71.6 Å². The number of carbonyl (C=O) groups is 2. The van der Waals surface area contributed by atoms with Gasteiger partial charge in [0.1, 0.15) is 0 Å².